The van der Waals surface area contributed by atoms with Crippen LogP contribution in [0.4, 0.5) is 61.5 Å². The van der Waals surface area contributed by atoms with Gasteiger partial charge in [0.15, 0.2) is 11.6 Å². The lowest BCUT2D eigenvalue weighted by atomic mass is 9.93. The zero-order chi connectivity index (χ0) is 105. The Bertz CT molecular complexity index is 5220. The molecular weight excluding hydrogens is 1780 g/mol. The lowest BCUT2D eigenvalue weighted by Gasteiger charge is -2.31. The molecule has 0 spiro atoms. The predicted octanol–water partition coefficient (Wildman–Crippen LogP) is 22.8. The first-order chi connectivity index (χ1) is 60.4. The van der Waals surface area contributed by atoms with Gasteiger partial charge in [0.05, 0.1) is 67.2 Å². The number of rotatable bonds is 14. The number of carbonyl (C=O) groups excluding carboxylic acids is 1. The van der Waals surface area contributed by atoms with Gasteiger partial charge in [-0.3, -0.25) is 14.2 Å². The van der Waals surface area contributed by atoms with Crippen molar-refractivity contribution in [2.24, 2.45) is 14.1 Å². The summed E-state index contributed by atoms with van der Waals surface area (Å²) >= 11 is 0. The number of aryl methyl sites for hydroxylation is 4. The van der Waals surface area contributed by atoms with E-state index in [1.54, 1.807) is 27.3 Å². The average Bonchev–Trinajstić information content (AvgIpc) is 1.63. The van der Waals surface area contributed by atoms with Gasteiger partial charge in [-0.2, -0.15) is 81.9 Å². The Labute approximate surface area is 790 Å². The number of nitrogens with one attached hydrogen (secondary N) is 2. The maximum atomic E-state index is 13.5. The zero-order valence-electron chi connectivity index (χ0n) is 87.8. The smallest absolute Gasteiger partial charge is 0.302 e. The van der Waals surface area contributed by atoms with E-state index >= 15 is 0 Å². The largest absolute Gasteiger partial charge is 0.481 e. The van der Waals surface area contributed by atoms with E-state index in [9.17, 15) is 66.3 Å². The normalized spacial score (nSPS) is 13.9. The SMILES string of the molecule is C#Cc1cc(C)n(C(C)(C)C)n1.CC(C)(C)c1nc(C(C)(F)F)c2n1CCNC2.CC(C)(C)c1nc(C(C)(F)F)cn1C1COC1.CC(C)(C)c1ncc(C(C)(F)F)[nH]1.CCOc1cc(C(C)(F)F)nn1C(C)(C)C.CCc1nc(C(C)(C)C)nn1C.CN(C)C(=O)Cn1cc(C(C)(F)F)nc1C(C)(C)C.COc1cc(C(C)(F)F)nn1C(C)(C)C.Cn1cc(C(C)(C)C)nc1C(C)(F)F. The van der Waals surface area contributed by atoms with Crippen LogP contribution < -0.4 is 14.8 Å². The van der Waals surface area contributed by atoms with Crippen molar-refractivity contribution < 1.29 is 80.5 Å². The van der Waals surface area contributed by atoms with Crippen LogP contribution >= 0.6 is 0 Å². The number of halogens is 14. The van der Waals surface area contributed by atoms with E-state index < -0.39 is 46.9 Å². The molecule has 764 valence electrons. The Kier molecular flexibility index (Phi) is 39.0. The van der Waals surface area contributed by atoms with Crippen LogP contribution in [-0.2, 0) is 140 Å². The van der Waals surface area contributed by atoms with Crippen molar-refractivity contribution in [3.8, 4) is 24.1 Å². The van der Waals surface area contributed by atoms with Gasteiger partial charge in [-0.05, 0) is 88.1 Å². The second kappa shape index (κ2) is 44.0. The van der Waals surface area contributed by atoms with E-state index in [-0.39, 0.29) is 102 Å². The standard InChI is InChI=1S/C13H21F2N3O.C12H19F2N3.C12H18F2N2O.C11H18F2N2O.C10H16F2N2O.C10H16F2N2.C10H14N2.C9H14F2N2.C9H17N3/c1-12(2,3)11-16-9(13(4,14)15)7-18(11)8-10(19)17(5)6;1-11(2,3)10-16-9(12(4,13)14)8-7-15-5-6-17(8)10;1-11(2,3)10-15-9(12(4,13)14)5-16(10)8-6-17-7-8;1-6-16-9-7-8(11(5,12)13)14-15(9)10(2,3)4;1-9(2,3)14-8(15-5)6-7(13-14)10(4,11)12;1-9(2,3)7-6-14(5)8(13-7)10(4,11)12;1-6-9-7-8(2)12(11-9)10(3,4)5;1-8(2,3)7-12-5-6(13-7)9(4,10)11;1-6-7-10-8(9(2,3)4)11-12(7)5/h7H,8H2,1-6H3;15H,5-7H2,1-4H3;5,8H,6-7H2,1-4H3;7H,6H2,1-5H3;6H,1-5H3;6H,1-5H3;1,7H,2-5H3;5H,1-4H3,(H,12,13);6H2,1-5H3. The minimum Gasteiger partial charge on any atom is -0.481 e. The fourth-order valence-electron chi connectivity index (χ4n) is 12.6. The van der Waals surface area contributed by atoms with Crippen LogP contribution in [0.25, 0.3) is 0 Å². The molecule has 0 unspecified atom stereocenters. The molecule has 9 aromatic heterocycles. The number of hydrogen-bond donors (Lipinski definition) is 2. The summed E-state index contributed by atoms with van der Waals surface area (Å²) in [6.45, 7) is 68.6. The number of imidazole rings is 5. The summed E-state index contributed by atoms with van der Waals surface area (Å²) in [6.07, 6.45) is 11.8. The molecule has 9 aromatic rings. The van der Waals surface area contributed by atoms with Crippen LogP contribution in [0.15, 0.2) is 43.0 Å². The quantitative estimate of drug-likeness (QED) is 0.0759. The highest BCUT2D eigenvalue weighted by Gasteiger charge is 2.41. The first-order valence-corrected chi connectivity index (χ1v) is 44.7. The number of aromatic amines is 1. The van der Waals surface area contributed by atoms with E-state index in [4.69, 9.17) is 20.6 Å². The lowest BCUT2D eigenvalue weighted by Crippen LogP contribution is -2.33. The van der Waals surface area contributed by atoms with Gasteiger partial charge >= 0.3 is 5.92 Å². The number of nitrogens with zero attached hydrogens (tertiary/aromatic N) is 19. The highest BCUT2D eigenvalue weighted by atomic mass is 19.3. The molecule has 0 radical (unpaired) electrons. The van der Waals surface area contributed by atoms with E-state index in [1.807, 2.05) is 191 Å². The summed E-state index contributed by atoms with van der Waals surface area (Å²) < 4.78 is 213. The maximum Gasteiger partial charge on any atom is 0.302 e. The van der Waals surface area contributed by atoms with Crippen molar-refractivity contribution in [2.75, 3.05) is 47.6 Å². The molecule has 0 atom stereocenters. The topological polar surface area (TPSA) is 244 Å². The molecule has 0 saturated carbocycles. The molecule has 0 bridgehead atoms. The van der Waals surface area contributed by atoms with Gasteiger partial charge in [-0.1, -0.05) is 132 Å². The monoisotopic (exact) mass is 1930 g/mol. The summed E-state index contributed by atoms with van der Waals surface area (Å²) in [5.74, 6) is -12.9. The number of likely N-dealkylation sites (N-methyl/N-ethyl adjacent to an activating group) is 1. The van der Waals surface area contributed by atoms with Crippen molar-refractivity contribution in [2.45, 2.75) is 379 Å². The zero-order valence-corrected chi connectivity index (χ0v) is 87.8. The Morgan fingerprint density at radius 3 is 1.28 bits per heavy atom. The second-order valence-electron chi connectivity index (χ2n) is 43.7. The van der Waals surface area contributed by atoms with Gasteiger partial charge in [0, 0.05) is 172 Å². The van der Waals surface area contributed by atoms with Crippen LogP contribution in [0.3, 0.4) is 0 Å². The number of amides is 1. The summed E-state index contributed by atoms with van der Waals surface area (Å²) in [4.78, 5) is 40.5. The average molecular weight is 1930 g/mol. The number of methoxy groups -OCH3 is 1. The van der Waals surface area contributed by atoms with Crippen molar-refractivity contribution in [1.82, 2.24) is 102 Å². The van der Waals surface area contributed by atoms with Gasteiger partial charge in [-0.25, -0.2) is 39.3 Å². The van der Waals surface area contributed by atoms with Crippen LogP contribution in [0, 0.1) is 19.3 Å². The second-order valence-corrected chi connectivity index (χ2v) is 43.7. The summed E-state index contributed by atoms with van der Waals surface area (Å²) in [5, 5.41) is 19.5. The molecule has 135 heavy (non-hydrogen) atoms. The van der Waals surface area contributed by atoms with E-state index in [2.05, 4.69) is 115 Å². The van der Waals surface area contributed by atoms with Crippen LogP contribution in [0.1, 0.15) is 353 Å². The van der Waals surface area contributed by atoms with Crippen molar-refractivity contribution >= 4 is 5.91 Å². The third kappa shape index (κ3) is 35.4. The molecule has 11 heterocycles. The first kappa shape index (κ1) is 120. The van der Waals surface area contributed by atoms with Gasteiger partial charge in [-0.15, -0.1) is 6.42 Å². The van der Waals surface area contributed by atoms with Crippen molar-refractivity contribution in [3.63, 3.8) is 0 Å². The molecular formula is C96H153F14N21O4. The number of carbonyl (C=O) groups is 1. The molecule has 1 amide bonds. The molecule has 0 aromatic carbocycles. The predicted molar refractivity (Wildman–Crippen MR) is 500 cm³/mol. The fourth-order valence-corrected chi connectivity index (χ4v) is 12.6. The minimum absolute atomic E-state index is 0.0131. The number of ether oxygens (including phenoxy) is 3. The van der Waals surface area contributed by atoms with Crippen LogP contribution in [-0.4, -0.2) is 151 Å². The van der Waals surface area contributed by atoms with E-state index in [1.165, 1.54) is 61.2 Å². The summed E-state index contributed by atoms with van der Waals surface area (Å²) in [5.41, 5.74) is -0.0171. The number of aromatic nitrogens is 19. The Morgan fingerprint density at radius 1 is 0.511 bits per heavy atom. The molecule has 1 saturated heterocycles. The molecule has 2 aliphatic rings. The summed E-state index contributed by atoms with van der Waals surface area (Å²) in [6, 6.07) is 4.64. The van der Waals surface area contributed by atoms with Gasteiger partial charge in [0.25, 0.3) is 35.5 Å². The Hall–Kier alpha value is -9.61. The lowest BCUT2D eigenvalue weighted by molar-refractivity contribution is -0.129. The molecule has 11 rings (SSSR count). The third-order valence-corrected chi connectivity index (χ3v) is 19.9. The maximum absolute atomic E-state index is 13.5. The van der Waals surface area contributed by atoms with Gasteiger partial charge < -0.3 is 47.7 Å². The highest BCUT2D eigenvalue weighted by molar-refractivity contribution is 5.75. The molecule has 25 nitrogen and oxygen atoms in total. The minimum atomic E-state index is -3.01. The molecule has 2 N–H and O–H groups in total. The van der Waals surface area contributed by atoms with Gasteiger partial charge in [0.2, 0.25) is 17.7 Å². The number of alkyl halides is 14. The molecule has 39 heteroatoms. The Morgan fingerprint density at radius 2 is 0.970 bits per heavy atom. The fraction of sp³-hybridized carbons (Fsp3) is 0.698. The van der Waals surface area contributed by atoms with Crippen molar-refractivity contribution in [3.05, 3.63) is 141 Å². The molecule has 0 aliphatic carbocycles. The highest BCUT2D eigenvalue weighted by Crippen LogP contribution is 2.40. The third-order valence-electron chi connectivity index (χ3n) is 19.9. The molecule has 1 fully saturated rings. The number of terminal acetylenes is 1. The summed E-state index contributed by atoms with van der Waals surface area (Å²) in [7, 11) is 8.24. The Balaban J connectivity index is 0.000000392. The van der Waals surface area contributed by atoms with Gasteiger partial charge in [0.1, 0.15) is 75.5 Å². The van der Waals surface area contributed by atoms with E-state index in [0.29, 0.717) is 79.2 Å². The number of fused-ring (bicyclic) bond motifs is 1. The van der Waals surface area contributed by atoms with E-state index in [0.717, 1.165) is 84.6 Å². The number of hydrogen-bond acceptors (Lipinski definition) is 15. The molecule has 2 aliphatic heterocycles. The van der Waals surface area contributed by atoms with Crippen LogP contribution in [0.5, 0.6) is 11.8 Å². The van der Waals surface area contributed by atoms with Crippen LogP contribution in [0.2, 0.25) is 0 Å². The first-order valence-electron chi connectivity index (χ1n) is 44.7. The van der Waals surface area contributed by atoms with Crippen molar-refractivity contribution in [1.29, 1.82) is 0 Å². The number of H-pyrrole nitrogens is 1.